The molecule has 0 unspecified atom stereocenters. The minimum absolute atomic E-state index is 0.0921. The van der Waals surface area contributed by atoms with Gasteiger partial charge in [-0.25, -0.2) is 0 Å². The maximum Gasteiger partial charge on any atom is 0.326 e. The van der Waals surface area contributed by atoms with Crippen LogP contribution in [0.5, 0.6) is 0 Å². The van der Waals surface area contributed by atoms with Crippen LogP contribution in [0.4, 0.5) is 0 Å². The first-order chi connectivity index (χ1) is 6.04. The number of Topliss-reactive ketones (excluding diaryl/α,β-unsaturated/α-hetero) is 2. The van der Waals surface area contributed by atoms with Gasteiger partial charge in [0.2, 0.25) is 5.60 Å². The van der Waals surface area contributed by atoms with Crippen molar-refractivity contribution in [1.29, 1.82) is 0 Å². The molecule has 0 radical (unpaired) electrons. The molecule has 70 valence electrons. The van der Waals surface area contributed by atoms with Crippen LogP contribution in [0, 0.1) is 5.92 Å². The number of epoxide rings is 1. The molecule has 0 amide bonds. The van der Waals surface area contributed by atoms with Gasteiger partial charge in [-0.3, -0.25) is 9.59 Å². The molecule has 1 aliphatic heterocycles. The highest BCUT2D eigenvalue weighted by Gasteiger charge is 2.59. The van der Waals surface area contributed by atoms with Crippen LogP contribution in [0.2, 0.25) is 0 Å². The molecule has 5 nitrogen and oxygen atoms in total. The van der Waals surface area contributed by atoms with Crippen LogP contribution in [0.15, 0.2) is 0 Å². The Balaban J connectivity index is 2.83. The molecule has 0 aromatic heterocycles. The summed E-state index contributed by atoms with van der Waals surface area (Å²) in [5.41, 5.74) is 6.78. The third-order valence-electron chi connectivity index (χ3n) is 1.93. The van der Waals surface area contributed by atoms with Crippen molar-refractivity contribution in [3.63, 3.8) is 0 Å². The first kappa shape index (κ1) is 9.77. The number of carbonyl (C=O) groups excluding carboxylic acids is 2. The molecule has 0 aromatic rings. The SMILES string of the molecule is CC(C)C(=O)[C@@]1(C(=O)C=[N+]=[N-])CO1. The fourth-order valence-electron chi connectivity index (χ4n) is 1.10. The number of nitrogens with zero attached hydrogens (tertiary/aromatic N) is 2. The van der Waals surface area contributed by atoms with Gasteiger partial charge in [-0.05, 0) is 0 Å². The van der Waals surface area contributed by atoms with Crippen molar-refractivity contribution in [1.82, 2.24) is 0 Å². The number of carbonyl (C=O) groups is 2. The lowest BCUT2D eigenvalue weighted by Gasteiger charge is -2.07. The fraction of sp³-hybridized carbons (Fsp3) is 0.625. The Hall–Kier alpha value is -1.32. The van der Waals surface area contributed by atoms with E-state index in [1.165, 1.54) is 0 Å². The molecule has 5 heteroatoms. The van der Waals surface area contributed by atoms with E-state index < -0.39 is 11.4 Å². The van der Waals surface area contributed by atoms with Crippen LogP contribution >= 0.6 is 0 Å². The topological polar surface area (TPSA) is 83.1 Å². The lowest BCUT2D eigenvalue weighted by atomic mass is 9.92. The van der Waals surface area contributed by atoms with Crippen molar-refractivity contribution in [3.8, 4) is 0 Å². The Labute approximate surface area is 75.3 Å². The Morgan fingerprint density at radius 3 is 2.46 bits per heavy atom. The summed E-state index contributed by atoms with van der Waals surface area (Å²) in [7, 11) is 0. The van der Waals surface area contributed by atoms with Crippen molar-refractivity contribution >= 4 is 17.8 Å². The first-order valence-corrected chi connectivity index (χ1v) is 3.94. The van der Waals surface area contributed by atoms with Crippen molar-refractivity contribution in [3.05, 3.63) is 5.53 Å². The minimum atomic E-state index is -1.35. The van der Waals surface area contributed by atoms with E-state index in [4.69, 9.17) is 10.3 Å². The van der Waals surface area contributed by atoms with Gasteiger partial charge < -0.3 is 10.3 Å². The van der Waals surface area contributed by atoms with Gasteiger partial charge in [-0.2, -0.15) is 4.79 Å². The Morgan fingerprint density at radius 1 is 1.62 bits per heavy atom. The highest BCUT2D eigenvalue weighted by atomic mass is 16.6. The van der Waals surface area contributed by atoms with Gasteiger partial charge in [0.15, 0.2) is 5.78 Å². The molecule has 1 saturated heterocycles. The Morgan fingerprint density at radius 2 is 2.15 bits per heavy atom. The van der Waals surface area contributed by atoms with Gasteiger partial charge >= 0.3 is 6.21 Å². The number of rotatable bonds is 4. The van der Waals surface area contributed by atoms with E-state index in [-0.39, 0.29) is 18.3 Å². The van der Waals surface area contributed by atoms with Crippen molar-refractivity contribution in [2.45, 2.75) is 19.4 Å². The molecule has 0 spiro atoms. The van der Waals surface area contributed by atoms with Crippen LogP contribution in [-0.2, 0) is 14.3 Å². The largest absolute Gasteiger partial charge is 0.361 e. The monoisotopic (exact) mass is 182 g/mol. The van der Waals surface area contributed by atoms with E-state index in [0.29, 0.717) is 6.21 Å². The van der Waals surface area contributed by atoms with Crippen LogP contribution < -0.4 is 0 Å². The van der Waals surface area contributed by atoms with Gasteiger partial charge in [0.05, 0.1) is 6.61 Å². The maximum absolute atomic E-state index is 11.5. The molecule has 13 heavy (non-hydrogen) atoms. The molecule has 1 rings (SSSR count). The number of hydrogen-bond donors (Lipinski definition) is 0. The predicted molar refractivity (Wildman–Crippen MR) is 43.2 cm³/mol. The van der Waals surface area contributed by atoms with Gasteiger partial charge in [0.25, 0.3) is 5.78 Å². The molecular formula is C8H10N2O3. The summed E-state index contributed by atoms with van der Waals surface area (Å²) in [5.74, 6) is -1.12. The average Bonchev–Trinajstić information content (AvgIpc) is 2.83. The summed E-state index contributed by atoms with van der Waals surface area (Å²) in [5, 5.41) is 0. The smallest absolute Gasteiger partial charge is 0.326 e. The lowest BCUT2D eigenvalue weighted by molar-refractivity contribution is -0.134. The third kappa shape index (κ3) is 1.56. The van der Waals surface area contributed by atoms with E-state index in [9.17, 15) is 9.59 Å². The second-order valence-electron chi connectivity index (χ2n) is 3.24. The molecule has 0 bridgehead atoms. The van der Waals surface area contributed by atoms with Crippen LogP contribution in [0.1, 0.15) is 13.8 Å². The standard InChI is InChI=1S/C8H10N2O3/c1-5(2)7(12)8(4-13-8)6(11)3-10-9/h3,5H,4H2,1-2H3/t8-/m0/s1. The zero-order chi connectivity index (χ0) is 10.1. The van der Waals surface area contributed by atoms with E-state index >= 15 is 0 Å². The molecule has 0 saturated carbocycles. The second-order valence-corrected chi connectivity index (χ2v) is 3.24. The van der Waals surface area contributed by atoms with E-state index in [1.54, 1.807) is 13.8 Å². The Kier molecular flexibility index (Phi) is 2.40. The highest BCUT2D eigenvalue weighted by Crippen LogP contribution is 2.31. The molecule has 1 aliphatic rings. The van der Waals surface area contributed by atoms with E-state index in [0.717, 1.165) is 0 Å². The molecule has 1 heterocycles. The summed E-state index contributed by atoms with van der Waals surface area (Å²) in [6, 6.07) is 0. The average molecular weight is 182 g/mol. The molecule has 1 fully saturated rings. The van der Waals surface area contributed by atoms with Crippen molar-refractivity contribution < 1.29 is 19.1 Å². The van der Waals surface area contributed by atoms with Crippen LogP contribution in [-0.4, -0.2) is 34.8 Å². The summed E-state index contributed by atoms with van der Waals surface area (Å²) in [4.78, 5) is 25.2. The van der Waals surface area contributed by atoms with E-state index in [2.05, 4.69) is 4.79 Å². The van der Waals surface area contributed by atoms with Crippen LogP contribution in [0.3, 0.4) is 0 Å². The summed E-state index contributed by atoms with van der Waals surface area (Å²) in [6.07, 6.45) is 0.702. The summed E-state index contributed by atoms with van der Waals surface area (Å²) in [6.45, 7) is 3.47. The predicted octanol–water partition coefficient (Wildman–Crippen LogP) is -0.150. The number of hydrogen-bond acceptors (Lipinski definition) is 3. The fourth-order valence-corrected chi connectivity index (χ4v) is 1.10. The van der Waals surface area contributed by atoms with Gasteiger partial charge in [0, 0.05) is 5.92 Å². The van der Waals surface area contributed by atoms with Gasteiger partial charge in [-0.15, -0.1) is 0 Å². The zero-order valence-electron chi connectivity index (χ0n) is 7.48. The first-order valence-electron chi connectivity index (χ1n) is 3.94. The number of ether oxygens (including phenoxy) is 1. The van der Waals surface area contributed by atoms with Crippen molar-refractivity contribution in [2.75, 3.05) is 6.61 Å². The minimum Gasteiger partial charge on any atom is -0.361 e. The third-order valence-corrected chi connectivity index (χ3v) is 1.93. The quantitative estimate of drug-likeness (QED) is 0.199. The molecule has 0 aliphatic carbocycles. The second kappa shape index (κ2) is 3.20. The highest BCUT2D eigenvalue weighted by molar-refractivity contribution is 6.37. The summed E-state index contributed by atoms with van der Waals surface area (Å²) < 4.78 is 4.83. The number of ketones is 2. The Bertz CT molecular complexity index is 299. The maximum atomic E-state index is 11.5. The molecular weight excluding hydrogens is 172 g/mol. The van der Waals surface area contributed by atoms with Gasteiger partial charge in [0.1, 0.15) is 0 Å². The zero-order valence-corrected chi connectivity index (χ0v) is 7.48. The molecule has 0 aromatic carbocycles. The van der Waals surface area contributed by atoms with Gasteiger partial charge in [-0.1, -0.05) is 13.8 Å². The lowest BCUT2D eigenvalue weighted by Crippen LogP contribution is -2.38. The molecule has 1 atom stereocenters. The summed E-state index contributed by atoms with van der Waals surface area (Å²) >= 11 is 0. The molecule has 0 N–H and O–H groups in total. The normalized spacial score (nSPS) is 25.2. The van der Waals surface area contributed by atoms with Crippen molar-refractivity contribution in [2.24, 2.45) is 5.92 Å². The van der Waals surface area contributed by atoms with E-state index in [1.807, 2.05) is 0 Å². The van der Waals surface area contributed by atoms with Crippen LogP contribution in [0.25, 0.3) is 5.53 Å².